The lowest BCUT2D eigenvalue weighted by molar-refractivity contribution is 0.415. The fourth-order valence-corrected chi connectivity index (χ4v) is 1.52. The highest BCUT2D eigenvalue weighted by molar-refractivity contribution is 5.70. The molecule has 0 aliphatic heterocycles. The summed E-state index contributed by atoms with van der Waals surface area (Å²) in [5.41, 5.74) is 0.663. The Morgan fingerprint density at radius 2 is 1.94 bits per heavy atom. The molecule has 2 aromatic carbocycles. The zero-order valence-electron chi connectivity index (χ0n) is 8.63. The number of hydrogen-bond donors (Lipinski definition) is 0. The summed E-state index contributed by atoms with van der Waals surface area (Å²) < 4.78 is 31.7. The Balaban J connectivity index is 2.63. The van der Waals surface area contributed by atoms with Gasteiger partial charge in [0.25, 0.3) is 0 Å². The summed E-state index contributed by atoms with van der Waals surface area (Å²) in [4.78, 5) is 0. The van der Waals surface area contributed by atoms with Crippen LogP contribution >= 0.6 is 0 Å². The molecule has 0 heterocycles. The molecule has 0 spiro atoms. The molecule has 3 heteroatoms. The van der Waals surface area contributed by atoms with Gasteiger partial charge in [0, 0.05) is 17.2 Å². The van der Waals surface area contributed by atoms with Gasteiger partial charge in [-0.3, -0.25) is 0 Å². The molecule has 0 unspecified atom stereocenters. The van der Waals surface area contributed by atoms with E-state index in [4.69, 9.17) is 4.74 Å². The average Bonchev–Trinajstić information content (AvgIpc) is 2.29. The number of halogens is 2. The summed E-state index contributed by atoms with van der Waals surface area (Å²) in [6.07, 6.45) is 0. The molecule has 81 valence electrons. The minimum Gasteiger partial charge on any atom is -0.496 e. The first kappa shape index (κ1) is 10.6. The minimum atomic E-state index is -0.522. The van der Waals surface area contributed by atoms with Crippen molar-refractivity contribution < 1.29 is 13.5 Å². The average molecular weight is 219 g/mol. The maximum absolute atomic E-state index is 13.5. The van der Waals surface area contributed by atoms with Gasteiger partial charge >= 0.3 is 0 Å². The fourth-order valence-electron chi connectivity index (χ4n) is 1.52. The maximum atomic E-state index is 13.5. The van der Waals surface area contributed by atoms with Crippen LogP contribution in [0.2, 0.25) is 0 Å². The van der Waals surface area contributed by atoms with E-state index in [2.05, 4.69) is 6.07 Å². The lowest BCUT2D eigenvalue weighted by Crippen LogP contribution is -1.91. The van der Waals surface area contributed by atoms with Crippen molar-refractivity contribution in [3.63, 3.8) is 0 Å². The van der Waals surface area contributed by atoms with Crippen molar-refractivity contribution in [3.05, 3.63) is 54.1 Å². The van der Waals surface area contributed by atoms with Gasteiger partial charge in [-0.2, -0.15) is 0 Å². The molecule has 16 heavy (non-hydrogen) atoms. The van der Waals surface area contributed by atoms with E-state index >= 15 is 0 Å². The van der Waals surface area contributed by atoms with Crippen LogP contribution in [0.1, 0.15) is 0 Å². The second kappa shape index (κ2) is 4.31. The van der Waals surface area contributed by atoms with E-state index in [0.29, 0.717) is 11.3 Å². The quantitative estimate of drug-likeness (QED) is 0.751. The largest absolute Gasteiger partial charge is 0.496 e. The van der Waals surface area contributed by atoms with Gasteiger partial charge in [0.05, 0.1) is 7.11 Å². The highest BCUT2D eigenvalue weighted by Crippen LogP contribution is 2.31. The standard InChI is InChI=1S/C13H9F2O/c1-16-13-7-6-9(14)8-11(13)10-4-2-3-5-12(10)15/h2-4,6-8H,1H3. The van der Waals surface area contributed by atoms with Gasteiger partial charge in [-0.15, -0.1) is 0 Å². The third-order valence-corrected chi connectivity index (χ3v) is 2.26. The van der Waals surface area contributed by atoms with Crippen LogP contribution in [-0.4, -0.2) is 7.11 Å². The van der Waals surface area contributed by atoms with Gasteiger partial charge in [0.15, 0.2) is 0 Å². The molecule has 1 radical (unpaired) electrons. The maximum Gasteiger partial charge on any atom is 0.139 e. The molecule has 2 aromatic rings. The van der Waals surface area contributed by atoms with Gasteiger partial charge in [-0.1, -0.05) is 18.2 Å². The Labute approximate surface area is 92.3 Å². The summed E-state index contributed by atoms with van der Waals surface area (Å²) in [5.74, 6) is -0.523. The third kappa shape index (κ3) is 1.89. The Morgan fingerprint density at radius 3 is 2.62 bits per heavy atom. The van der Waals surface area contributed by atoms with E-state index in [1.807, 2.05) is 0 Å². The predicted molar refractivity (Wildman–Crippen MR) is 57.2 cm³/mol. The molecule has 0 saturated carbocycles. The van der Waals surface area contributed by atoms with Crippen LogP contribution in [0, 0.1) is 17.7 Å². The summed E-state index contributed by atoms with van der Waals surface area (Å²) in [7, 11) is 1.46. The molecule has 0 N–H and O–H groups in total. The first-order valence-electron chi connectivity index (χ1n) is 4.72. The topological polar surface area (TPSA) is 9.23 Å². The van der Waals surface area contributed by atoms with Gasteiger partial charge in [0.1, 0.15) is 17.4 Å². The molecule has 0 atom stereocenters. The van der Waals surface area contributed by atoms with Crippen LogP contribution in [0.15, 0.2) is 36.4 Å². The van der Waals surface area contributed by atoms with Crippen molar-refractivity contribution in [2.75, 3.05) is 7.11 Å². The molecular weight excluding hydrogens is 210 g/mol. The normalized spacial score (nSPS) is 10.2. The Morgan fingerprint density at radius 1 is 1.12 bits per heavy atom. The van der Waals surface area contributed by atoms with Crippen molar-refractivity contribution in [1.29, 1.82) is 0 Å². The molecule has 0 aliphatic carbocycles. The van der Waals surface area contributed by atoms with Crippen molar-refractivity contribution in [1.82, 2.24) is 0 Å². The van der Waals surface area contributed by atoms with Crippen molar-refractivity contribution >= 4 is 0 Å². The Hall–Kier alpha value is -1.90. The summed E-state index contributed by atoms with van der Waals surface area (Å²) in [6.45, 7) is 0. The smallest absolute Gasteiger partial charge is 0.139 e. The number of benzene rings is 2. The zero-order valence-corrected chi connectivity index (χ0v) is 8.63. The van der Waals surface area contributed by atoms with E-state index in [0.717, 1.165) is 0 Å². The Kier molecular flexibility index (Phi) is 2.86. The highest BCUT2D eigenvalue weighted by atomic mass is 19.1. The van der Waals surface area contributed by atoms with Gasteiger partial charge in [0.2, 0.25) is 0 Å². The van der Waals surface area contributed by atoms with Crippen LogP contribution in [0.5, 0.6) is 5.75 Å². The van der Waals surface area contributed by atoms with Gasteiger partial charge < -0.3 is 4.74 Å². The minimum absolute atomic E-state index is 0.277. The molecule has 0 fully saturated rings. The lowest BCUT2D eigenvalue weighted by atomic mass is 10.0. The SMILES string of the molecule is COc1ccc(F)cc1-c1ccc[c]c1F. The summed E-state index contributed by atoms with van der Waals surface area (Å²) >= 11 is 0. The molecule has 0 aliphatic rings. The summed E-state index contributed by atoms with van der Waals surface area (Å²) in [6, 6.07) is 11.1. The molecule has 2 rings (SSSR count). The van der Waals surface area contributed by atoms with Crippen LogP contribution in [0.4, 0.5) is 8.78 Å². The van der Waals surface area contributed by atoms with Crippen molar-refractivity contribution in [2.24, 2.45) is 0 Å². The first-order valence-corrected chi connectivity index (χ1v) is 4.72. The van der Waals surface area contributed by atoms with E-state index in [1.165, 1.54) is 31.4 Å². The van der Waals surface area contributed by atoms with E-state index in [1.54, 1.807) is 12.1 Å². The van der Waals surface area contributed by atoms with Gasteiger partial charge in [-0.25, -0.2) is 8.78 Å². The van der Waals surface area contributed by atoms with Crippen LogP contribution < -0.4 is 4.74 Å². The molecule has 1 nitrogen and oxygen atoms in total. The van der Waals surface area contributed by atoms with Crippen LogP contribution in [-0.2, 0) is 0 Å². The van der Waals surface area contributed by atoms with Gasteiger partial charge in [-0.05, 0) is 18.2 Å². The number of hydrogen-bond acceptors (Lipinski definition) is 1. The van der Waals surface area contributed by atoms with E-state index < -0.39 is 11.6 Å². The van der Waals surface area contributed by atoms with E-state index in [9.17, 15) is 8.78 Å². The van der Waals surface area contributed by atoms with E-state index in [-0.39, 0.29) is 5.56 Å². The monoisotopic (exact) mass is 219 g/mol. The van der Waals surface area contributed by atoms with Crippen LogP contribution in [0.3, 0.4) is 0 Å². The van der Waals surface area contributed by atoms with Crippen molar-refractivity contribution in [3.8, 4) is 16.9 Å². The highest BCUT2D eigenvalue weighted by Gasteiger charge is 2.10. The predicted octanol–water partition coefficient (Wildman–Crippen LogP) is 3.44. The lowest BCUT2D eigenvalue weighted by Gasteiger charge is -2.09. The number of methoxy groups -OCH3 is 1. The van der Waals surface area contributed by atoms with Crippen LogP contribution in [0.25, 0.3) is 11.1 Å². The molecule has 0 bridgehead atoms. The third-order valence-electron chi connectivity index (χ3n) is 2.26. The second-order valence-electron chi connectivity index (χ2n) is 3.24. The molecule has 0 amide bonds. The molecule has 0 aromatic heterocycles. The van der Waals surface area contributed by atoms with Crippen molar-refractivity contribution in [2.45, 2.75) is 0 Å². The molecule has 0 saturated heterocycles. The number of ether oxygens (including phenoxy) is 1. The molecular formula is C13H9F2O. The Bertz CT molecular complexity index is 509. The fraction of sp³-hybridized carbons (Fsp3) is 0.0769. The summed E-state index contributed by atoms with van der Waals surface area (Å²) in [5, 5.41) is 0. The second-order valence-corrected chi connectivity index (χ2v) is 3.24. The first-order chi connectivity index (χ1) is 7.72. The zero-order chi connectivity index (χ0) is 11.5. The number of rotatable bonds is 2.